The molecule has 1 heterocycles. The molecule has 3 aromatic rings. The molecule has 0 bridgehead atoms. The first-order valence-electron chi connectivity index (χ1n) is 10.8. The lowest BCUT2D eigenvalue weighted by Gasteiger charge is -2.24. The van der Waals surface area contributed by atoms with Gasteiger partial charge < -0.3 is 18.7 Å². The number of fused-ring (bicyclic) bond motifs is 1. The molecule has 1 saturated carbocycles. The molecule has 3 atom stereocenters. The number of nitrogens with one attached hydrogen (secondary N) is 1. The van der Waals surface area contributed by atoms with Crippen molar-refractivity contribution in [2.45, 2.75) is 24.9 Å². The Balaban J connectivity index is 1.35. The fourth-order valence-electron chi connectivity index (χ4n) is 4.83. The molecule has 0 spiro atoms. The summed E-state index contributed by atoms with van der Waals surface area (Å²) < 4.78 is 32.5. The van der Waals surface area contributed by atoms with E-state index < -0.39 is 13.4 Å². The number of hydrogen-bond donors (Lipinski definition) is 2. The summed E-state index contributed by atoms with van der Waals surface area (Å²) in [4.78, 5) is 11.7. The van der Waals surface area contributed by atoms with Crippen LogP contribution in [0.3, 0.4) is 0 Å². The first kappa shape index (κ1) is 21.6. The molecule has 9 heteroatoms. The molecule has 8 nitrogen and oxygen atoms in total. The molecule has 33 heavy (non-hydrogen) atoms. The predicted molar refractivity (Wildman–Crippen MR) is 122 cm³/mol. The maximum Gasteiger partial charge on any atom is 0.646 e. The summed E-state index contributed by atoms with van der Waals surface area (Å²) in [5.41, 5.74) is -0.770. The van der Waals surface area contributed by atoms with Crippen LogP contribution in [0, 0.1) is 11.8 Å². The maximum atomic E-state index is 13.6. The molecule has 0 radical (unpaired) electrons. The first-order chi connectivity index (χ1) is 15.8. The molecular formula is C24H25N2O6P. The highest BCUT2D eigenvalue weighted by atomic mass is 31.2. The second-order valence-corrected chi connectivity index (χ2v) is 10.1. The van der Waals surface area contributed by atoms with E-state index in [-0.39, 0.29) is 17.4 Å². The molecule has 2 aliphatic carbocycles. The van der Waals surface area contributed by atoms with E-state index in [4.69, 9.17) is 13.6 Å². The van der Waals surface area contributed by atoms with Gasteiger partial charge in [-0.05, 0) is 55.0 Å². The Morgan fingerprint density at radius 1 is 1.00 bits per heavy atom. The Kier molecular flexibility index (Phi) is 5.43. The van der Waals surface area contributed by atoms with E-state index in [0.29, 0.717) is 42.2 Å². The zero-order chi connectivity index (χ0) is 23.1. The maximum absolute atomic E-state index is 13.6. The third kappa shape index (κ3) is 4.49. The van der Waals surface area contributed by atoms with Crippen molar-refractivity contribution in [3.8, 4) is 11.5 Å². The van der Waals surface area contributed by atoms with Gasteiger partial charge in [0.2, 0.25) is 0 Å². The van der Waals surface area contributed by atoms with E-state index >= 15 is 0 Å². The minimum Gasteiger partial charge on any atom is -0.391 e. The minimum absolute atomic E-state index is 0.0249. The molecule has 2 aliphatic rings. The number of allylic oxidation sites excluding steroid dienone is 2. The zero-order valence-electron chi connectivity index (χ0n) is 18.1. The number of aromatic amines is 1. The first-order valence-corrected chi connectivity index (χ1v) is 12.3. The van der Waals surface area contributed by atoms with Crippen molar-refractivity contribution in [1.29, 1.82) is 0 Å². The second kappa shape index (κ2) is 8.28. The smallest absolute Gasteiger partial charge is 0.391 e. The number of para-hydroxylation sites is 2. The van der Waals surface area contributed by atoms with Crippen LogP contribution in [-0.4, -0.2) is 14.9 Å². The number of hydrogen-bond acceptors (Lipinski definition) is 6. The van der Waals surface area contributed by atoms with Crippen molar-refractivity contribution in [3.05, 3.63) is 94.6 Å². The summed E-state index contributed by atoms with van der Waals surface area (Å²) in [6.07, 6.45) is 3.29. The van der Waals surface area contributed by atoms with Gasteiger partial charge in [0.1, 0.15) is 22.9 Å². The number of aryl methyl sites for hydroxylation is 1. The van der Waals surface area contributed by atoms with Gasteiger partial charge in [-0.1, -0.05) is 36.4 Å². The summed E-state index contributed by atoms with van der Waals surface area (Å²) in [5.74, 6) is 1.38. The fourth-order valence-corrected chi connectivity index (χ4v) is 6.13. The summed E-state index contributed by atoms with van der Waals surface area (Å²) in [7, 11) is -2.31. The van der Waals surface area contributed by atoms with Crippen molar-refractivity contribution < 1.29 is 23.2 Å². The summed E-state index contributed by atoms with van der Waals surface area (Å²) in [5, 5.41) is 13.9. The van der Waals surface area contributed by atoms with Crippen LogP contribution in [0.4, 0.5) is 0 Å². The standard InChI is InChI=1S/C24H25N2O6P/c1-26-22(14-23(27)25-26)24(28)15-17-12-21(13-18(17)16-24)32-33(29,30-19-8-4-2-5-9-19)31-20-10-6-3-7-11-20/h2-12,14,17-18,28H,13,15-16H2,1H3,(H,25,27)/t17-,18+,24+/m0/s1. The van der Waals surface area contributed by atoms with E-state index in [9.17, 15) is 14.5 Å². The lowest BCUT2D eigenvalue weighted by molar-refractivity contribution is 0.0292. The molecule has 0 unspecified atom stereocenters. The number of nitrogens with zero attached hydrogens (tertiary/aromatic N) is 1. The van der Waals surface area contributed by atoms with Crippen LogP contribution >= 0.6 is 7.82 Å². The third-order valence-corrected chi connectivity index (χ3v) is 7.50. The lowest BCUT2D eigenvalue weighted by Crippen LogP contribution is -2.25. The molecule has 0 saturated heterocycles. The van der Waals surface area contributed by atoms with Gasteiger partial charge in [-0.3, -0.25) is 14.6 Å². The zero-order valence-corrected chi connectivity index (χ0v) is 19.0. The van der Waals surface area contributed by atoms with Gasteiger partial charge >= 0.3 is 7.82 Å². The summed E-state index contributed by atoms with van der Waals surface area (Å²) >= 11 is 0. The molecular weight excluding hydrogens is 443 g/mol. The number of aliphatic hydroxyl groups is 1. The average Bonchev–Trinajstić information content (AvgIpc) is 3.39. The monoisotopic (exact) mass is 468 g/mol. The molecule has 0 aliphatic heterocycles. The van der Waals surface area contributed by atoms with Gasteiger partial charge in [-0.25, -0.2) is 0 Å². The van der Waals surface area contributed by atoms with Gasteiger partial charge in [0.05, 0.1) is 5.69 Å². The van der Waals surface area contributed by atoms with E-state index in [2.05, 4.69) is 5.10 Å². The highest BCUT2D eigenvalue weighted by Gasteiger charge is 2.50. The van der Waals surface area contributed by atoms with Gasteiger partial charge in [0, 0.05) is 19.5 Å². The van der Waals surface area contributed by atoms with Gasteiger partial charge in [0.15, 0.2) is 0 Å². The highest BCUT2D eigenvalue weighted by Crippen LogP contribution is 2.57. The Labute approximate surface area is 191 Å². The van der Waals surface area contributed by atoms with Crippen LogP contribution in [0.25, 0.3) is 0 Å². The van der Waals surface area contributed by atoms with E-state index in [1.54, 1.807) is 60.3 Å². The number of phosphoric ester groups is 1. The van der Waals surface area contributed by atoms with Crippen molar-refractivity contribution in [2.75, 3.05) is 0 Å². The minimum atomic E-state index is -4.03. The fraction of sp³-hybridized carbons (Fsp3) is 0.292. The number of aromatic nitrogens is 2. The molecule has 5 rings (SSSR count). The van der Waals surface area contributed by atoms with E-state index in [1.165, 1.54) is 6.07 Å². The lowest BCUT2D eigenvalue weighted by atomic mass is 9.95. The van der Waals surface area contributed by atoms with Crippen molar-refractivity contribution in [2.24, 2.45) is 18.9 Å². The van der Waals surface area contributed by atoms with E-state index in [1.807, 2.05) is 18.2 Å². The number of benzene rings is 2. The van der Waals surface area contributed by atoms with Crippen molar-refractivity contribution in [1.82, 2.24) is 9.78 Å². The van der Waals surface area contributed by atoms with Crippen LogP contribution in [0.2, 0.25) is 0 Å². The predicted octanol–water partition coefficient (Wildman–Crippen LogP) is 4.50. The Bertz CT molecular complexity index is 1220. The van der Waals surface area contributed by atoms with Crippen LogP contribution in [0.5, 0.6) is 11.5 Å². The van der Waals surface area contributed by atoms with Gasteiger partial charge in [-0.15, -0.1) is 0 Å². The third-order valence-electron chi connectivity index (χ3n) is 6.18. The molecule has 1 fully saturated rings. The SMILES string of the molecule is Cn1[nH]c(=O)cc1[C@]1(O)C[C@H]2CC(OP(=O)(Oc3ccccc3)Oc3ccccc3)=C[C@H]2C1. The largest absolute Gasteiger partial charge is 0.646 e. The molecule has 0 amide bonds. The van der Waals surface area contributed by atoms with Gasteiger partial charge in [-0.2, -0.15) is 4.57 Å². The Morgan fingerprint density at radius 2 is 1.61 bits per heavy atom. The van der Waals surface area contributed by atoms with Crippen molar-refractivity contribution in [3.63, 3.8) is 0 Å². The normalized spacial score (nSPS) is 24.2. The molecule has 2 aromatic carbocycles. The topological polar surface area (TPSA) is 103 Å². The van der Waals surface area contributed by atoms with Gasteiger partial charge in [0.25, 0.3) is 5.56 Å². The molecule has 2 N–H and O–H groups in total. The number of phosphoric acid groups is 1. The quantitative estimate of drug-likeness (QED) is 0.495. The number of rotatable bonds is 7. The molecule has 1 aromatic heterocycles. The van der Waals surface area contributed by atoms with Crippen LogP contribution in [0.15, 0.2) is 83.4 Å². The Hall–Kier alpha value is -3.22. The summed E-state index contributed by atoms with van der Waals surface area (Å²) in [6, 6.07) is 18.9. The highest BCUT2D eigenvalue weighted by molar-refractivity contribution is 7.49. The number of H-pyrrole nitrogens is 1. The molecule has 172 valence electrons. The van der Waals surface area contributed by atoms with Crippen LogP contribution in [-0.2, 0) is 21.7 Å². The Morgan fingerprint density at radius 3 is 2.12 bits per heavy atom. The van der Waals surface area contributed by atoms with E-state index in [0.717, 1.165) is 0 Å². The van der Waals surface area contributed by atoms with Crippen molar-refractivity contribution >= 4 is 7.82 Å². The summed E-state index contributed by atoms with van der Waals surface area (Å²) in [6.45, 7) is 0. The van der Waals surface area contributed by atoms with Crippen LogP contribution < -0.4 is 14.6 Å². The second-order valence-electron chi connectivity index (χ2n) is 8.61. The van der Waals surface area contributed by atoms with Crippen LogP contribution in [0.1, 0.15) is 25.0 Å². The average molecular weight is 468 g/mol.